The van der Waals surface area contributed by atoms with Crippen molar-refractivity contribution >= 4 is 43.5 Å². The van der Waals surface area contributed by atoms with Crippen molar-refractivity contribution in [2.45, 2.75) is 0 Å². The van der Waals surface area contributed by atoms with Gasteiger partial charge in [0.25, 0.3) is 0 Å². The fourth-order valence-electron chi connectivity index (χ4n) is 7.96. The normalized spacial score (nSPS) is 11.6. The molecule has 52 heavy (non-hydrogen) atoms. The fourth-order valence-corrected chi connectivity index (χ4v) is 7.96. The molecule has 0 bridgehead atoms. The van der Waals surface area contributed by atoms with Gasteiger partial charge < -0.3 is 13.9 Å². The Morgan fingerprint density at radius 2 is 1.02 bits per heavy atom. The Kier molecular flexibility index (Phi) is 7.04. The van der Waals surface area contributed by atoms with Gasteiger partial charge in [-0.3, -0.25) is 0 Å². The van der Waals surface area contributed by atoms with Gasteiger partial charge in [0.1, 0.15) is 5.75 Å². The van der Waals surface area contributed by atoms with Crippen LogP contribution in [0.3, 0.4) is 0 Å². The molecule has 0 radical (unpaired) electrons. The highest BCUT2D eigenvalue weighted by Crippen LogP contribution is 2.41. The number of methoxy groups -OCH3 is 1. The molecule has 0 unspecified atom stereocenters. The molecule has 246 valence electrons. The standard InChI is InChI=1S/C49H34N2O/c1-52-41-23-21-39(22-24-41)50-27-26-36-32-45(42-16-8-9-18-44(42)49(36)50)35-20-25-48-46(31-35)43-17-10-11-19-47(43)51(48)40-29-37(33-12-4-2-5-13-33)28-38(30-40)34-14-6-3-7-15-34/h2-32H,1H3. The third kappa shape index (κ3) is 4.90. The number of fused-ring (bicyclic) bond motifs is 6. The molecule has 0 aliphatic rings. The number of ether oxygens (including phenoxy) is 1. The summed E-state index contributed by atoms with van der Waals surface area (Å²) in [6, 6.07) is 65.8. The molecule has 0 saturated carbocycles. The van der Waals surface area contributed by atoms with Crippen molar-refractivity contribution in [3.05, 3.63) is 188 Å². The van der Waals surface area contributed by atoms with Gasteiger partial charge in [-0.1, -0.05) is 109 Å². The van der Waals surface area contributed by atoms with E-state index in [9.17, 15) is 0 Å². The molecule has 3 heteroatoms. The largest absolute Gasteiger partial charge is 0.497 e. The molecule has 10 aromatic rings. The number of aromatic nitrogens is 2. The number of hydrogen-bond acceptors (Lipinski definition) is 1. The predicted molar refractivity (Wildman–Crippen MR) is 218 cm³/mol. The zero-order chi connectivity index (χ0) is 34.6. The van der Waals surface area contributed by atoms with Crippen molar-refractivity contribution in [1.82, 2.24) is 9.13 Å². The lowest BCUT2D eigenvalue weighted by Crippen LogP contribution is -1.96. The molecular weight excluding hydrogens is 633 g/mol. The lowest BCUT2D eigenvalue weighted by Gasteiger charge is -2.15. The first-order valence-corrected chi connectivity index (χ1v) is 17.7. The SMILES string of the molecule is COc1ccc(-n2ccc3cc(-c4ccc5c(c4)c4ccccc4n5-c4cc(-c5ccccc5)cc(-c5ccccc5)c4)c4ccccc4c32)cc1. The van der Waals surface area contributed by atoms with Gasteiger partial charge in [-0.05, 0) is 112 Å². The molecular formula is C49H34N2O. The lowest BCUT2D eigenvalue weighted by atomic mass is 9.95. The van der Waals surface area contributed by atoms with Crippen LogP contribution in [0.5, 0.6) is 5.75 Å². The van der Waals surface area contributed by atoms with Gasteiger partial charge in [-0.15, -0.1) is 0 Å². The van der Waals surface area contributed by atoms with Crippen molar-refractivity contribution in [1.29, 1.82) is 0 Å². The van der Waals surface area contributed by atoms with E-state index in [2.05, 4.69) is 185 Å². The second-order valence-corrected chi connectivity index (χ2v) is 13.4. The van der Waals surface area contributed by atoms with E-state index in [0.717, 1.165) is 17.1 Å². The molecule has 0 aliphatic carbocycles. The van der Waals surface area contributed by atoms with Gasteiger partial charge in [-0.2, -0.15) is 0 Å². The Hall–Kier alpha value is -6.84. The van der Waals surface area contributed by atoms with E-state index >= 15 is 0 Å². The smallest absolute Gasteiger partial charge is 0.119 e. The van der Waals surface area contributed by atoms with Crippen molar-refractivity contribution in [2.75, 3.05) is 7.11 Å². The first-order chi connectivity index (χ1) is 25.7. The number of rotatable bonds is 6. The van der Waals surface area contributed by atoms with Crippen LogP contribution in [0, 0.1) is 0 Å². The van der Waals surface area contributed by atoms with Gasteiger partial charge in [0.05, 0.1) is 23.7 Å². The summed E-state index contributed by atoms with van der Waals surface area (Å²) in [5, 5.41) is 6.14. The second kappa shape index (κ2) is 12.2. The molecule has 8 aromatic carbocycles. The fraction of sp³-hybridized carbons (Fsp3) is 0.0204. The minimum atomic E-state index is 0.852. The van der Waals surface area contributed by atoms with Crippen LogP contribution in [-0.4, -0.2) is 16.2 Å². The van der Waals surface area contributed by atoms with E-state index in [1.54, 1.807) is 7.11 Å². The van der Waals surface area contributed by atoms with Gasteiger partial charge in [0.2, 0.25) is 0 Å². The third-order valence-corrected chi connectivity index (χ3v) is 10.4. The van der Waals surface area contributed by atoms with Crippen molar-refractivity contribution in [2.24, 2.45) is 0 Å². The van der Waals surface area contributed by atoms with Crippen LogP contribution in [0.2, 0.25) is 0 Å². The summed E-state index contributed by atoms with van der Waals surface area (Å²) in [5.41, 5.74) is 13.1. The molecule has 2 aromatic heterocycles. The van der Waals surface area contributed by atoms with Crippen LogP contribution in [0.15, 0.2) is 188 Å². The highest BCUT2D eigenvalue weighted by molar-refractivity contribution is 6.15. The molecule has 3 nitrogen and oxygen atoms in total. The Morgan fingerprint density at radius 3 is 1.71 bits per heavy atom. The molecule has 0 amide bonds. The summed E-state index contributed by atoms with van der Waals surface area (Å²) in [6.07, 6.45) is 2.17. The molecule has 0 fully saturated rings. The Morgan fingerprint density at radius 1 is 0.404 bits per heavy atom. The van der Waals surface area contributed by atoms with Gasteiger partial charge in [0.15, 0.2) is 0 Å². The first-order valence-electron chi connectivity index (χ1n) is 17.7. The van der Waals surface area contributed by atoms with Crippen LogP contribution in [-0.2, 0) is 0 Å². The maximum absolute atomic E-state index is 5.43. The topological polar surface area (TPSA) is 19.1 Å². The maximum atomic E-state index is 5.43. The molecule has 0 aliphatic heterocycles. The molecule has 2 heterocycles. The zero-order valence-corrected chi connectivity index (χ0v) is 28.7. The van der Waals surface area contributed by atoms with E-state index in [4.69, 9.17) is 4.74 Å². The van der Waals surface area contributed by atoms with Crippen LogP contribution < -0.4 is 4.74 Å². The summed E-state index contributed by atoms with van der Waals surface area (Å²) in [5.74, 6) is 0.852. The van der Waals surface area contributed by atoms with E-state index in [1.165, 1.54) is 76.9 Å². The maximum Gasteiger partial charge on any atom is 0.119 e. The first kappa shape index (κ1) is 30.0. The van der Waals surface area contributed by atoms with Gasteiger partial charge in [0, 0.05) is 39.1 Å². The van der Waals surface area contributed by atoms with Crippen LogP contribution >= 0.6 is 0 Å². The monoisotopic (exact) mass is 666 g/mol. The lowest BCUT2D eigenvalue weighted by molar-refractivity contribution is 0.415. The molecule has 0 saturated heterocycles. The number of benzene rings is 8. The van der Waals surface area contributed by atoms with E-state index in [-0.39, 0.29) is 0 Å². The summed E-state index contributed by atoms with van der Waals surface area (Å²) in [4.78, 5) is 0. The quantitative estimate of drug-likeness (QED) is 0.173. The van der Waals surface area contributed by atoms with E-state index in [0.29, 0.717) is 0 Å². The summed E-state index contributed by atoms with van der Waals surface area (Å²) >= 11 is 0. The van der Waals surface area contributed by atoms with Crippen molar-refractivity contribution < 1.29 is 4.74 Å². The molecule has 0 atom stereocenters. The molecule has 10 rings (SSSR count). The average molecular weight is 667 g/mol. The van der Waals surface area contributed by atoms with Crippen LogP contribution in [0.25, 0.3) is 88.2 Å². The van der Waals surface area contributed by atoms with Gasteiger partial charge in [-0.25, -0.2) is 0 Å². The summed E-state index contributed by atoms with van der Waals surface area (Å²) in [7, 11) is 1.70. The minimum Gasteiger partial charge on any atom is -0.497 e. The molecule has 0 spiro atoms. The highest BCUT2D eigenvalue weighted by Gasteiger charge is 2.18. The third-order valence-electron chi connectivity index (χ3n) is 10.4. The van der Waals surface area contributed by atoms with Crippen molar-refractivity contribution in [3.8, 4) is 50.5 Å². The van der Waals surface area contributed by atoms with Crippen molar-refractivity contribution in [3.63, 3.8) is 0 Å². The van der Waals surface area contributed by atoms with Gasteiger partial charge >= 0.3 is 0 Å². The predicted octanol–water partition coefficient (Wildman–Crippen LogP) is 12.9. The second-order valence-electron chi connectivity index (χ2n) is 13.4. The number of nitrogens with zero attached hydrogens (tertiary/aromatic N) is 2. The van der Waals surface area contributed by atoms with E-state index < -0.39 is 0 Å². The van der Waals surface area contributed by atoms with Crippen LogP contribution in [0.4, 0.5) is 0 Å². The van der Waals surface area contributed by atoms with Crippen LogP contribution in [0.1, 0.15) is 0 Å². The summed E-state index contributed by atoms with van der Waals surface area (Å²) in [6.45, 7) is 0. The summed E-state index contributed by atoms with van der Waals surface area (Å²) < 4.78 is 10.1. The molecule has 0 N–H and O–H groups in total. The Bertz CT molecular complexity index is 2860. The van der Waals surface area contributed by atoms with E-state index in [1.807, 2.05) is 12.1 Å². The minimum absolute atomic E-state index is 0.852. The Labute approximate surface area is 302 Å². The number of para-hydroxylation sites is 1. The zero-order valence-electron chi connectivity index (χ0n) is 28.7. The highest BCUT2D eigenvalue weighted by atomic mass is 16.5. The number of hydrogen-bond donors (Lipinski definition) is 0. The average Bonchev–Trinajstić information content (AvgIpc) is 3.80. The Balaban J connectivity index is 1.18.